The second-order valence-electron chi connectivity index (χ2n) is 12.3. The number of benzene rings is 6. The number of fused-ring (bicyclic) bond motifs is 7. The summed E-state index contributed by atoms with van der Waals surface area (Å²) in [5.74, 6) is 1.84. The van der Waals surface area contributed by atoms with E-state index in [1.54, 1.807) is 0 Å². The molecule has 0 aliphatic rings. The van der Waals surface area contributed by atoms with Crippen molar-refractivity contribution in [3.8, 4) is 51.1 Å². The Bertz CT molecular complexity index is 2800. The summed E-state index contributed by atoms with van der Waals surface area (Å²) in [6.07, 6.45) is 0. The first-order chi connectivity index (χ1) is 24.8. The van der Waals surface area contributed by atoms with Gasteiger partial charge in [-0.3, -0.25) is 4.57 Å². The Labute approximate surface area is 287 Å². The maximum atomic E-state index is 6.98. The SMILES string of the molecule is c1ccc(-c2nc(-c3ccccc3)nc(-c3cccc(-n4c5ccccc5c5c6c(oc54)c(-c4ccccc4)nc4ccccc46)c3)n2)cc1. The van der Waals surface area contributed by atoms with Crippen molar-refractivity contribution in [2.75, 3.05) is 0 Å². The van der Waals surface area contributed by atoms with E-state index in [9.17, 15) is 0 Å². The lowest BCUT2D eigenvalue weighted by Crippen LogP contribution is -2.01. The molecule has 0 N–H and O–H groups in total. The lowest BCUT2D eigenvalue weighted by atomic mass is 10.0. The maximum Gasteiger partial charge on any atom is 0.213 e. The molecule has 0 unspecified atom stereocenters. The third-order valence-electron chi connectivity index (χ3n) is 9.24. The number of rotatable bonds is 5. The average molecular weight is 642 g/mol. The predicted octanol–water partition coefficient (Wildman–Crippen LogP) is 10.9. The summed E-state index contributed by atoms with van der Waals surface area (Å²) in [5.41, 5.74) is 9.02. The first-order valence-corrected chi connectivity index (χ1v) is 16.6. The van der Waals surface area contributed by atoms with E-state index < -0.39 is 0 Å². The highest BCUT2D eigenvalue weighted by atomic mass is 16.3. The van der Waals surface area contributed by atoms with Gasteiger partial charge in [-0.2, -0.15) is 0 Å². The quantitative estimate of drug-likeness (QED) is 0.187. The molecule has 0 aliphatic carbocycles. The van der Waals surface area contributed by atoms with Gasteiger partial charge in [-0.25, -0.2) is 19.9 Å². The molecular formula is C44H27N5O. The van der Waals surface area contributed by atoms with Gasteiger partial charge >= 0.3 is 0 Å². The monoisotopic (exact) mass is 641 g/mol. The number of furan rings is 1. The zero-order valence-electron chi connectivity index (χ0n) is 26.7. The molecule has 234 valence electrons. The van der Waals surface area contributed by atoms with Crippen LogP contribution < -0.4 is 0 Å². The summed E-state index contributed by atoms with van der Waals surface area (Å²) in [4.78, 5) is 20.0. The van der Waals surface area contributed by atoms with Gasteiger partial charge < -0.3 is 4.42 Å². The van der Waals surface area contributed by atoms with E-state index in [1.807, 2.05) is 84.9 Å². The molecule has 6 heteroatoms. The molecule has 10 rings (SSSR count). The van der Waals surface area contributed by atoms with Crippen LogP contribution in [0, 0.1) is 0 Å². The smallest absolute Gasteiger partial charge is 0.213 e. The molecule has 4 aromatic heterocycles. The summed E-state index contributed by atoms with van der Waals surface area (Å²) in [5, 5.41) is 4.30. The van der Waals surface area contributed by atoms with E-state index in [0.717, 1.165) is 77.5 Å². The van der Waals surface area contributed by atoms with Gasteiger partial charge in [0.05, 0.1) is 16.4 Å². The standard InChI is InChI=1S/C44H27N5O/c1-4-15-28(16-5-1)39-40-37(33-23-10-12-25-35(33)45-39)38-34-24-11-13-26-36(34)49(44(38)50-40)32-22-14-21-31(27-32)43-47-41(29-17-6-2-7-18-29)46-42(48-43)30-19-8-3-9-20-30/h1-27H. The summed E-state index contributed by atoms with van der Waals surface area (Å²) in [6.45, 7) is 0. The Morgan fingerprint density at radius 3 is 1.64 bits per heavy atom. The highest BCUT2D eigenvalue weighted by Gasteiger charge is 2.24. The van der Waals surface area contributed by atoms with Gasteiger partial charge in [0.2, 0.25) is 5.71 Å². The van der Waals surface area contributed by atoms with Crippen molar-refractivity contribution in [3.63, 3.8) is 0 Å². The molecule has 0 bridgehead atoms. The van der Waals surface area contributed by atoms with E-state index in [-0.39, 0.29) is 0 Å². The zero-order valence-corrected chi connectivity index (χ0v) is 26.7. The Morgan fingerprint density at radius 1 is 0.420 bits per heavy atom. The Hall–Kier alpha value is -6.92. The molecule has 0 amide bonds. The minimum absolute atomic E-state index is 0.596. The Kier molecular flexibility index (Phi) is 6.39. The van der Waals surface area contributed by atoms with E-state index in [2.05, 4.69) is 83.4 Å². The molecule has 0 fully saturated rings. The van der Waals surface area contributed by atoms with Crippen LogP contribution in [-0.4, -0.2) is 24.5 Å². The fourth-order valence-corrected chi connectivity index (χ4v) is 6.96. The fourth-order valence-electron chi connectivity index (χ4n) is 6.96. The van der Waals surface area contributed by atoms with Gasteiger partial charge in [0, 0.05) is 44.1 Å². The van der Waals surface area contributed by atoms with E-state index in [0.29, 0.717) is 17.5 Å². The average Bonchev–Trinajstić information content (AvgIpc) is 3.74. The van der Waals surface area contributed by atoms with Crippen LogP contribution in [0.1, 0.15) is 0 Å². The molecule has 50 heavy (non-hydrogen) atoms. The van der Waals surface area contributed by atoms with Gasteiger partial charge in [0.25, 0.3) is 0 Å². The van der Waals surface area contributed by atoms with Crippen molar-refractivity contribution in [1.82, 2.24) is 24.5 Å². The number of hydrogen-bond donors (Lipinski definition) is 0. The van der Waals surface area contributed by atoms with Crippen LogP contribution in [0.4, 0.5) is 0 Å². The topological polar surface area (TPSA) is 69.6 Å². The summed E-state index contributed by atoms with van der Waals surface area (Å²) in [7, 11) is 0. The van der Waals surface area contributed by atoms with Crippen LogP contribution >= 0.6 is 0 Å². The number of aromatic nitrogens is 5. The fraction of sp³-hybridized carbons (Fsp3) is 0. The second-order valence-corrected chi connectivity index (χ2v) is 12.3. The molecule has 6 nitrogen and oxygen atoms in total. The maximum absolute atomic E-state index is 6.98. The summed E-state index contributed by atoms with van der Waals surface area (Å²) >= 11 is 0. The number of para-hydroxylation sites is 2. The van der Waals surface area contributed by atoms with Gasteiger partial charge in [0.15, 0.2) is 23.1 Å². The minimum Gasteiger partial charge on any atom is -0.437 e. The van der Waals surface area contributed by atoms with E-state index >= 15 is 0 Å². The van der Waals surface area contributed by atoms with Crippen molar-refractivity contribution in [1.29, 1.82) is 0 Å². The number of hydrogen-bond acceptors (Lipinski definition) is 5. The molecule has 0 spiro atoms. The molecule has 0 aliphatic heterocycles. The molecule has 0 atom stereocenters. The molecular weight excluding hydrogens is 615 g/mol. The lowest BCUT2D eigenvalue weighted by Gasteiger charge is -2.11. The third-order valence-corrected chi connectivity index (χ3v) is 9.24. The summed E-state index contributed by atoms with van der Waals surface area (Å²) in [6, 6.07) is 55.5. The Morgan fingerprint density at radius 2 is 0.960 bits per heavy atom. The van der Waals surface area contributed by atoms with Crippen LogP contribution in [0.3, 0.4) is 0 Å². The molecule has 0 saturated heterocycles. The van der Waals surface area contributed by atoms with Crippen molar-refractivity contribution in [2.45, 2.75) is 0 Å². The van der Waals surface area contributed by atoms with Gasteiger partial charge in [-0.1, -0.05) is 140 Å². The minimum atomic E-state index is 0.596. The van der Waals surface area contributed by atoms with Crippen molar-refractivity contribution >= 4 is 43.9 Å². The first-order valence-electron chi connectivity index (χ1n) is 16.6. The van der Waals surface area contributed by atoms with E-state index in [1.165, 1.54) is 0 Å². The molecule has 0 radical (unpaired) electrons. The van der Waals surface area contributed by atoms with Gasteiger partial charge in [-0.15, -0.1) is 0 Å². The second kappa shape index (κ2) is 11.4. The van der Waals surface area contributed by atoms with Crippen LogP contribution in [0.2, 0.25) is 0 Å². The first kappa shape index (κ1) is 28.1. The normalized spacial score (nSPS) is 11.6. The van der Waals surface area contributed by atoms with Crippen LogP contribution in [0.5, 0.6) is 0 Å². The summed E-state index contributed by atoms with van der Waals surface area (Å²) < 4.78 is 9.18. The molecule has 4 heterocycles. The number of nitrogens with zero attached hydrogens (tertiary/aromatic N) is 5. The van der Waals surface area contributed by atoms with Crippen molar-refractivity contribution < 1.29 is 4.42 Å². The molecule has 6 aromatic carbocycles. The van der Waals surface area contributed by atoms with Gasteiger partial charge in [0.1, 0.15) is 5.69 Å². The van der Waals surface area contributed by atoms with Gasteiger partial charge in [-0.05, 0) is 24.3 Å². The third kappa shape index (κ3) is 4.50. The predicted molar refractivity (Wildman–Crippen MR) is 201 cm³/mol. The Balaban J connectivity index is 1.23. The number of pyridine rings is 1. The highest BCUT2D eigenvalue weighted by Crippen LogP contribution is 2.44. The van der Waals surface area contributed by atoms with Crippen molar-refractivity contribution in [2.24, 2.45) is 0 Å². The zero-order chi connectivity index (χ0) is 33.0. The van der Waals surface area contributed by atoms with Crippen LogP contribution in [-0.2, 0) is 0 Å². The van der Waals surface area contributed by atoms with Crippen molar-refractivity contribution in [3.05, 3.63) is 164 Å². The van der Waals surface area contributed by atoms with Crippen LogP contribution in [0.25, 0.3) is 95.0 Å². The van der Waals surface area contributed by atoms with Crippen LogP contribution in [0.15, 0.2) is 168 Å². The largest absolute Gasteiger partial charge is 0.437 e. The highest BCUT2D eigenvalue weighted by molar-refractivity contribution is 6.28. The lowest BCUT2D eigenvalue weighted by molar-refractivity contribution is 0.645. The molecule has 0 saturated carbocycles. The molecule has 10 aromatic rings. The van der Waals surface area contributed by atoms with E-state index in [4.69, 9.17) is 24.4 Å².